The van der Waals surface area contributed by atoms with E-state index in [1.807, 2.05) is 0 Å². The number of hydroxylamine groups is 1. The Morgan fingerprint density at radius 1 is 0.938 bits per heavy atom. The highest BCUT2D eigenvalue weighted by Crippen LogP contribution is 2.22. The van der Waals surface area contributed by atoms with Crippen molar-refractivity contribution in [1.82, 2.24) is 14.9 Å². The normalized spacial score (nSPS) is 12.9. The molecule has 0 saturated heterocycles. The lowest BCUT2D eigenvalue weighted by molar-refractivity contribution is -0.130. The number of carbonyl (C=O) groups excluding carboxylic acids is 1. The minimum Gasteiger partial charge on any atom is -0.497 e. The second-order valence-corrected chi connectivity index (χ2v) is 10.1. The van der Waals surface area contributed by atoms with Gasteiger partial charge in [0.15, 0.2) is 0 Å². The van der Waals surface area contributed by atoms with Gasteiger partial charge in [0.2, 0.25) is 20.0 Å². The van der Waals surface area contributed by atoms with Gasteiger partial charge in [-0.1, -0.05) is 36.4 Å². The molecule has 0 bridgehead atoms. The van der Waals surface area contributed by atoms with E-state index in [1.54, 1.807) is 36.4 Å². The van der Waals surface area contributed by atoms with Crippen molar-refractivity contribution >= 4 is 36.7 Å². The van der Waals surface area contributed by atoms with Gasteiger partial charge in [0.05, 0.1) is 16.9 Å². The van der Waals surface area contributed by atoms with Crippen LogP contribution in [0.1, 0.15) is 0 Å². The van der Waals surface area contributed by atoms with Crippen LogP contribution >= 0.6 is 0 Å². The molecule has 0 heterocycles. The Balaban J connectivity index is 1.83. The molecule has 3 aromatic rings. The van der Waals surface area contributed by atoms with Crippen molar-refractivity contribution in [2.45, 2.75) is 15.8 Å². The Morgan fingerprint density at radius 2 is 1.59 bits per heavy atom. The third-order valence-corrected chi connectivity index (χ3v) is 7.58. The molecule has 3 aromatic carbocycles. The molecule has 0 aliphatic heterocycles. The van der Waals surface area contributed by atoms with Gasteiger partial charge in [-0.25, -0.2) is 27.0 Å². The summed E-state index contributed by atoms with van der Waals surface area (Å²) in [4.78, 5) is 11.8. The molecule has 170 valence electrons. The van der Waals surface area contributed by atoms with Crippen LogP contribution < -0.4 is 19.7 Å². The summed E-state index contributed by atoms with van der Waals surface area (Å²) in [6.07, 6.45) is 0. The van der Waals surface area contributed by atoms with Gasteiger partial charge in [-0.2, -0.15) is 4.72 Å². The SMILES string of the molecule is COc1ccc(S(=O)(=O)NC(CNS(=O)(=O)c2cccc3ccccc23)C(=O)NO)cc1. The molecule has 0 spiro atoms. The second-order valence-electron chi connectivity index (χ2n) is 6.65. The predicted octanol–water partition coefficient (Wildman–Crippen LogP) is 0.979. The van der Waals surface area contributed by atoms with Gasteiger partial charge in [-0.05, 0) is 35.7 Å². The molecule has 0 saturated carbocycles. The van der Waals surface area contributed by atoms with E-state index in [9.17, 15) is 21.6 Å². The smallest absolute Gasteiger partial charge is 0.262 e. The number of sulfonamides is 2. The minimum absolute atomic E-state index is 0.0308. The van der Waals surface area contributed by atoms with E-state index in [-0.39, 0.29) is 9.79 Å². The number of hydrogen-bond donors (Lipinski definition) is 4. The van der Waals surface area contributed by atoms with E-state index in [0.717, 1.165) is 0 Å². The second kappa shape index (κ2) is 9.63. The molecule has 4 N–H and O–H groups in total. The number of carbonyl (C=O) groups is 1. The van der Waals surface area contributed by atoms with E-state index in [2.05, 4.69) is 9.44 Å². The van der Waals surface area contributed by atoms with E-state index < -0.39 is 38.5 Å². The summed E-state index contributed by atoms with van der Waals surface area (Å²) in [6, 6.07) is 15.3. The summed E-state index contributed by atoms with van der Waals surface area (Å²) in [5.74, 6) is -0.709. The highest BCUT2D eigenvalue weighted by atomic mass is 32.2. The molecule has 1 amide bonds. The maximum atomic E-state index is 12.9. The van der Waals surface area contributed by atoms with Crippen LogP contribution in [0.2, 0.25) is 0 Å². The Morgan fingerprint density at radius 3 is 2.25 bits per heavy atom. The maximum absolute atomic E-state index is 12.9. The molecule has 32 heavy (non-hydrogen) atoms. The molecule has 0 fully saturated rings. The fourth-order valence-corrected chi connectivity index (χ4v) is 5.45. The van der Waals surface area contributed by atoms with E-state index in [1.165, 1.54) is 42.9 Å². The minimum atomic E-state index is -4.22. The molecule has 1 unspecified atom stereocenters. The topological polar surface area (TPSA) is 151 Å². The van der Waals surface area contributed by atoms with Crippen molar-refractivity contribution < 1.29 is 31.6 Å². The summed E-state index contributed by atoms with van der Waals surface area (Å²) in [5, 5.41) is 10.2. The van der Waals surface area contributed by atoms with Crippen LogP contribution in [0.15, 0.2) is 76.5 Å². The zero-order chi connectivity index (χ0) is 23.4. The molecule has 0 aliphatic carbocycles. The molecular formula is C20H21N3O7S2. The van der Waals surface area contributed by atoms with Crippen LogP contribution in [-0.4, -0.2) is 47.6 Å². The summed E-state index contributed by atoms with van der Waals surface area (Å²) >= 11 is 0. The molecule has 0 aromatic heterocycles. The van der Waals surface area contributed by atoms with E-state index >= 15 is 0 Å². The van der Waals surface area contributed by atoms with Gasteiger partial charge in [-0.3, -0.25) is 10.0 Å². The van der Waals surface area contributed by atoms with Crippen molar-refractivity contribution in [1.29, 1.82) is 0 Å². The molecule has 0 radical (unpaired) electrons. The summed E-state index contributed by atoms with van der Waals surface area (Å²) in [5.41, 5.74) is 1.34. The first-order valence-corrected chi connectivity index (χ1v) is 12.2. The first-order chi connectivity index (χ1) is 15.2. The standard InChI is InChI=1S/C20H21N3O7S2/c1-30-15-9-11-16(12-10-15)31(26,27)23-18(20(24)22-25)13-21-32(28,29)19-8-4-6-14-5-2-3-7-17(14)19/h2-12,18,21,23,25H,13H2,1H3,(H,22,24). The monoisotopic (exact) mass is 479 g/mol. The van der Waals surface area contributed by atoms with E-state index in [4.69, 9.17) is 9.94 Å². The average Bonchev–Trinajstić information content (AvgIpc) is 2.80. The fourth-order valence-electron chi connectivity index (χ4n) is 2.98. The Labute approximate surface area is 185 Å². The number of hydrogen-bond acceptors (Lipinski definition) is 7. The highest BCUT2D eigenvalue weighted by Gasteiger charge is 2.28. The largest absolute Gasteiger partial charge is 0.497 e. The highest BCUT2D eigenvalue weighted by molar-refractivity contribution is 7.90. The number of benzene rings is 3. The van der Waals surface area contributed by atoms with Gasteiger partial charge in [0.1, 0.15) is 11.8 Å². The van der Waals surface area contributed by atoms with Crippen LogP contribution in [0, 0.1) is 0 Å². The lowest BCUT2D eigenvalue weighted by Gasteiger charge is -2.18. The van der Waals surface area contributed by atoms with E-state index in [0.29, 0.717) is 16.5 Å². The third-order valence-electron chi connectivity index (χ3n) is 4.61. The zero-order valence-electron chi connectivity index (χ0n) is 16.8. The van der Waals surface area contributed by atoms with Crippen molar-refractivity contribution in [2.24, 2.45) is 0 Å². The Bertz CT molecular complexity index is 1320. The number of nitrogens with one attached hydrogen (secondary N) is 3. The zero-order valence-corrected chi connectivity index (χ0v) is 18.5. The van der Waals surface area contributed by atoms with Crippen molar-refractivity contribution in [3.63, 3.8) is 0 Å². The van der Waals surface area contributed by atoms with Gasteiger partial charge in [0, 0.05) is 11.9 Å². The van der Waals surface area contributed by atoms with Gasteiger partial charge in [0.25, 0.3) is 5.91 Å². The van der Waals surface area contributed by atoms with Crippen LogP contribution in [0.25, 0.3) is 10.8 Å². The predicted molar refractivity (Wildman–Crippen MR) is 116 cm³/mol. The molecule has 3 rings (SSSR count). The Hall–Kier alpha value is -3.03. The number of amides is 1. The number of ether oxygens (including phenoxy) is 1. The van der Waals surface area contributed by atoms with Crippen molar-refractivity contribution in [2.75, 3.05) is 13.7 Å². The lowest BCUT2D eigenvalue weighted by Crippen LogP contribution is -2.51. The van der Waals surface area contributed by atoms with Gasteiger partial charge < -0.3 is 4.74 Å². The molecule has 0 aliphatic rings. The van der Waals surface area contributed by atoms with Crippen LogP contribution in [0.5, 0.6) is 5.75 Å². The summed E-state index contributed by atoms with van der Waals surface area (Å²) in [6.45, 7) is -0.646. The Kier molecular flexibility index (Phi) is 7.11. The number of rotatable bonds is 9. The average molecular weight is 480 g/mol. The molecule has 10 nitrogen and oxygen atoms in total. The summed E-state index contributed by atoms with van der Waals surface area (Å²) < 4.78 is 60.3. The number of methoxy groups -OCH3 is 1. The first-order valence-electron chi connectivity index (χ1n) is 9.26. The lowest BCUT2D eigenvalue weighted by atomic mass is 10.1. The van der Waals surface area contributed by atoms with Crippen molar-refractivity contribution in [3.05, 3.63) is 66.7 Å². The maximum Gasteiger partial charge on any atom is 0.262 e. The fraction of sp³-hybridized carbons (Fsp3) is 0.150. The summed E-state index contributed by atoms with van der Waals surface area (Å²) in [7, 11) is -6.91. The number of fused-ring (bicyclic) bond motifs is 1. The van der Waals surface area contributed by atoms with Gasteiger partial charge in [-0.15, -0.1) is 0 Å². The van der Waals surface area contributed by atoms with Gasteiger partial charge >= 0.3 is 0 Å². The van der Waals surface area contributed by atoms with Crippen LogP contribution in [0.4, 0.5) is 0 Å². The van der Waals surface area contributed by atoms with Crippen LogP contribution in [0.3, 0.4) is 0 Å². The molecule has 12 heteroatoms. The van der Waals surface area contributed by atoms with Crippen molar-refractivity contribution in [3.8, 4) is 5.75 Å². The first kappa shape index (κ1) is 23.6. The molecular weight excluding hydrogens is 458 g/mol. The third kappa shape index (κ3) is 5.23. The van der Waals surface area contributed by atoms with Crippen LogP contribution in [-0.2, 0) is 24.8 Å². The quantitative estimate of drug-likeness (QED) is 0.264. The molecule has 1 atom stereocenters.